The zero-order valence-electron chi connectivity index (χ0n) is 6.10. The van der Waals surface area contributed by atoms with E-state index in [1.165, 1.54) is 0 Å². The Labute approximate surface area is 67.5 Å². The Morgan fingerprint density at radius 1 is 1.33 bits per heavy atom. The highest BCUT2D eigenvalue weighted by atomic mass is 32.1. The van der Waals surface area contributed by atoms with Crippen LogP contribution in [0.5, 0.6) is 0 Å². The Hall–Kier alpha value is 0.845. The average Bonchev–Trinajstić information content (AvgIpc) is 1.62. The van der Waals surface area contributed by atoms with Crippen molar-refractivity contribution >= 4 is 29.0 Å². The summed E-state index contributed by atoms with van der Waals surface area (Å²) in [5, 5.41) is 0.497. The van der Waals surface area contributed by atoms with Gasteiger partial charge in [-0.2, -0.15) is 12.6 Å². The largest absolute Gasteiger partial charge is 0.175 e. The number of thiol groups is 1. The lowest BCUT2D eigenvalue weighted by molar-refractivity contribution is 0.788. The van der Waals surface area contributed by atoms with Crippen LogP contribution in [0.4, 0.5) is 0 Å². The lowest BCUT2D eigenvalue weighted by Gasteiger charge is -2.25. The number of hydrogen-bond acceptors (Lipinski definition) is 1. The maximum atomic E-state index is 4.24. The van der Waals surface area contributed by atoms with E-state index in [2.05, 4.69) is 40.1 Å². The van der Waals surface area contributed by atoms with Crippen molar-refractivity contribution in [3.05, 3.63) is 0 Å². The molecule has 1 unspecified atom stereocenters. The van der Waals surface area contributed by atoms with E-state index in [9.17, 15) is 0 Å². The second-order valence-corrected chi connectivity index (χ2v) is 6.88. The molecule has 0 saturated heterocycles. The summed E-state index contributed by atoms with van der Waals surface area (Å²) in [6, 6.07) is 0. The molecule has 0 heterocycles. The van der Waals surface area contributed by atoms with E-state index in [1.54, 1.807) is 0 Å². The van der Waals surface area contributed by atoms with Crippen LogP contribution < -0.4 is 0 Å². The molecule has 0 bridgehead atoms. The van der Waals surface area contributed by atoms with E-state index in [0.29, 0.717) is 5.16 Å². The summed E-state index contributed by atoms with van der Waals surface area (Å²) < 4.78 is 0. The van der Waals surface area contributed by atoms with Crippen molar-refractivity contribution in [3.8, 4) is 0 Å². The predicted molar refractivity (Wildman–Crippen MR) is 56.4 cm³/mol. The zero-order chi connectivity index (χ0) is 6.78. The van der Waals surface area contributed by atoms with Crippen LogP contribution in [0.3, 0.4) is 0 Å². The van der Waals surface area contributed by atoms with Crippen molar-refractivity contribution in [2.45, 2.75) is 25.9 Å². The minimum atomic E-state index is 0. The summed E-state index contributed by atoms with van der Waals surface area (Å²) in [6.07, 6.45) is 0. The van der Waals surface area contributed by atoms with Crippen molar-refractivity contribution in [1.82, 2.24) is 0 Å². The lowest BCUT2D eigenvalue weighted by Crippen LogP contribution is -2.10. The number of rotatable bonds is 1. The molecule has 0 saturated carbocycles. The van der Waals surface area contributed by atoms with Crippen LogP contribution >= 0.6 is 20.6 Å². The molecular formula is C6H18BPS. The third kappa shape index (κ3) is 5.30. The van der Waals surface area contributed by atoms with Crippen molar-refractivity contribution in [2.24, 2.45) is 0 Å². The Balaban J connectivity index is 0. The first-order valence-electron chi connectivity index (χ1n) is 2.80. The Bertz CT molecular complexity index is 69.9. The standard InChI is InChI=1S/C6H15PS.BH3/c1-6(2,3)7(4)5-8;/h8H,5H2,1-4H3;1H3. The molecule has 0 nitrogen and oxygen atoms in total. The fourth-order valence-electron chi connectivity index (χ4n) is 0.212. The molecule has 56 valence electrons. The fourth-order valence-corrected chi connectivity index (χ4v) is 1.91. The highest BCUT2D eigenvalue weighted by Gasteiger charge is 2.16. The molecule has 3 heteroatoms. The maximum Gasteiger partial charge on any atom is 0.0814 e. The van der Waals surface area contributed by atoms with Gasteiger partial charge in [-0.1, -0.05) is 28.7 Å². The molecule has 0 radical (unpaired) electrons. The monoisotopic (exact) mass is 164 g/mol. The van der Waals surface area contributed by atoms with E-state index in [4.69, 9.17) is 0 Å². The molecule has 0 aliphatic carbocycles. The van der Waals surface area contributed by atoms with Gasteiger partial charge in [0.1, 0.15) is 0 Å². The second kappa shape index (κ2) is 4.63. The van der Waals surface area contributed by atoms with E-state index < -0.39 is 0 Å². The lowest BCUT2D eigenvalue weighted by atomic mass is 10.3. The van der Waals surface area contributed by atoms with E-state index in [-0.39, 0.29) is 16.3 Å². The van der Waals surface area contributed by atoms with Gasteiger partial charge in [0.15, 0.2) is 0 Å². The molecule has 0 spiro atoms. The maximum absolute atomic E-state index is 4.24. The van der Waals surface area contributed by atoms with Gasteiger partial charge < -0.3 is 0 Å². The van der Waals surface area contributed by atoms with Crippen LogP contribution in [0.15, 0.2) is 0 Å². The average molecular weight is 164 g/mol. The van der Waals surface area contributed by atoms with Gasteiger partial charge >= 0.3 is 0 Å². The quantitative estimate of drug-likeness (QED) is 0.339. The summed E-state index contributed by atoms with van der Waals surface area (Å²) in [5.74, 6) is 0. The second-order valence-electron chi connectivity index (χ2n) is 3.01. The Morgan fingerprint density at radius 2 is 1.67 bits per heavy atom. The number of hydrogen-bond donors (Lipinski definition) is 1. The van der Waals surface area contributed by atoms with Gasteiger partial charge in [-0.25, -0.2) is 0 Å². The van der Waals surface area contributed by atoms with Crippen LogP contribution in [0.2, 0.25) is 0 Å². The van der Waals surface area contributed by atoms with Gasteiger partial charge in [0.2, 0.25) is 0 Å². The van der Waals surface area contributed by atoms with Crippen molar-refractivity contribution in [1.29, 1.82) is 0 Å². The molecule has 0 fully saturated rings. The summed E-state index contributed by atoms with van der Waals surface area (Å²) in [6.45, 7) is 9.11. The van der Waals surface area contributed by atoms with Gasteiger partial charge in [-0.15, -0.1) is 0 Å². The molecule has 0 N–H and O–H groups in total. The molecule has 0 aromatic carbocycles. The molecular weight excluding hydrogens is 146 g/mol. The molecule has 0 aromatic heterocycles. The van der Waals surface area contributed by atoms with Gasteiger partial charge in [0.05, 0.1) is 8.41 Å². The Kier molecular flexibility index (Phi) is 6.44. The molecule has 0 rings (SSSR count). The van der Waals surface area contributed by atoms with E-state index in [1.807, 2.05) is 0 Å². The van der Waals surface area contributed by atoms with Gasteiger partial charge in [0, 0.05) is 5.49 Å². The highest BCUT2D eigenvalue weighted by Crippen LogP contribution is 2.45. The zero-order valence-corrected chi connectivity index (χ0v) is 7.89. The van der Waals surface area contributed by atoms with E-state index >= 15 is 0 Å². The molecule has 0 aliphatic rings. The first-order chi connectivity index (χ1) is 3.48. The van der Waals surface area contributed by atoms with Gasteiger partial charge in [0.25, 0.3) is 0 Å². The molecule has 0 amide bonds. The normalized spacial score (nSPS) is 14.3. The minimum Gasteiger partial charge on any atom is -0.175 e. The van der Waals surface area contributed by atoms with Crippen molar-refractivity contribution in [2.75, 3.05) is 12.2 Å². The van der Waals surface area contributed by atoms with Gasteiger partial charge in [-0.3, -0.25) is 0 Å². The molecule has 0 aromatic rings. The van der Waals surface area contributed by atoms with Crippen LogP contribution in [-0.4, -0.2) is 25.7 Å². The predicted octanol–water partition coefficient (Wildman–Crippen LogP) is 1.60. The van der Waals surface area contributed by atoms with Crippen molar-refractivity contribution in [3.63, 3.8) is 0 Å². The third-order valence-electron chi connectivity index (χ3n) is 1.36. The molecule has 9 heavy (non-hydrogen) atoms. The SMILES string of the molecule is B.CP(CS)C(C)(C)C. The fraction of sp³-hybridized carbons (Fsp3) is 1.00. The third-order valence-corrected chi connectivity index (χ3v) is 5.34. The topological polar surface area (TPSA) is 0 Å². The highest BCUT2D eigenvalue weighted by molar-refractivity contribution is 7.89. The van der Waals surface area contributed by atoms with E-state index in [0.717, 1.165) is 5.49 Å². The van der Waals surface area contributed by atoms with Crippen molar-refractivity contribution < 1.29 is 0 Å². The summed E-state index contributed by atoms with van der Waals surface area (Å²) in [5.41, 5.74) is 1.05. The van der Waals surface area contributed by atoms with Gasteiger partial charge in [-0.05, 0) is 11.8 Å². The smallest absolute Gasteiger partial charge is 0.0814 e. The molecule has 0 aliphatic heterocycles. The minimum absolute atomic E-state index is 0. The van der Waals surface area contributed by atoms with Crippen LogP contribution in [-0.2, 0) is 0 Å². The first-order valence-corrected chi connectivity index (χ1v) is 5.41. The van der Waals surface area contributed by atoms with Crippen LogP contribution in [0, 0.1) is 0 Å². The Morgan fingerprint density at radius 3 is 1.67 bits per heavy atom. The molecule has 1 atom stereocenters. The van der Waals surface area contributed by atoms with Crippen LogP contribution in [0.1, 0.15) is 20.8 Å². The van der Waals surface area contributed by atoms with Crippen LogP contribution in [0.25, 0.3) is 0 Å². The summed E-state index contributed by atoms with van der Waals surface area (Å²) in [7, 11) is 0.145. The summed E-state index contributed by atoms with van der Waals surface area (Å²) >= 11 is 4.24. The first kappa shape index (κ1) is 12.5. The summed E-state index contributed by atoms with van der Waals surface area (Å²) in [4.78, 5) is 0.